The van der Waals surface area contributed by atoms with Crippen molar-refractivity contribution in [3.63, 3.8) is 0 Å². The van der Waals surface area contributed by atoms with Crippen molar-refractivity contribution in [2.24, 2.45) is 10.7 Å². The van der Waals surface area contributed by atoms with Gasteiger partial charge >= 0.3 is 0 Å². The molecule has 0 aliphatic rings. The Labute approximate surface area is 113 Å². The van der Waals surface area contributed by atoms with Gasteiger partial charge in [0.2, 0.25) is 0 Å². The summed E-state index contributed by atoms with van der Waals surface area (Å²) >= 11 is 0. The maximum atomic E-state index is 11.9. The Kier molecular flexibility index (Phi) is 5.36. The van der Waals surface area contributed by atoms with E-state index in [1.165, 1.54) is 12.3 Å². The molecule has 0 aromatic heterocycles. The molecule has 0 saturated heterocycles. The van der Waals surface area contributed by atoms with E-state index in [0.29, 0.717) is 0 Å². The van der Waals surface area contributed by atoms with E-state index in [2.05, 4.69) is 22.2 Å². The van der Waals surface area contributed by atoms with Crippen molar-refractivity contribution < 1.29 is 4.79 Å². The minimum absolute atomic E-state index is 0.277. The van der Waals surface area contributed by atoms with Crippen LogP contribution in [0.1, 0.15) is 18.1 Å². The fraction of sp³-hybridized carbons (Fsp3) is 0.200. The van der Waals surface area contributed by atoms with Gasteiger partial charge in [-0.2, -0.15) is 0 Å². The van der Waals surface area contributed by atoms with Gasteiger partial charge in [0.1, 0.15) is 5.71 Å². The van der Waals surface area contributed by atoms with E-state index < -0.39 is 0 Å². The lowest BCUT2D eigenvalue weighted by molar-refractivity contribution is -0.110. The molecule has 0 heterocycles. The molecule has 0 aliphatic carbocycles. The molecule has 4 nitrogen and oxygen atoms in total. The molecule has 1 amide bonds. The van der Waals surface area contributed by atoms with Crippen LogP contribution in [-0.4, -0.2) is 18.7 Å². The van der Waals surface area contributed by atoms with Crippen molar-refractivity contribution >= 4 is 17.3 Å². The van der Waals surface area contributed by atoms with E-state index in [1.54, 1.807) is 14.0 Å². The maximum absolute atomic E-state index is 11.9. The highest BCUT2D eigenvalue weighted by atomic mass is 16.1. The van der Waals surface area contributed by atoms with E-state index in [-0.39, 0.29) is 11.6 Å². The summed E-state index contributed by atoms with van der Waals surface area (Å²) in [6.45, 7) is 3.70. The van der Waals surface area contributed by atoms with Gasteiger partial charge in [0.15, 0.2) is 0 Å². The lowest BCUT2D eigenvalue weighted by atomic mass is 10.1. The third kappa shape index (κ3) is 4.00. The Morgan fingerprint density at radius 2 is 2.21 bits per heavy atom. The van der Waals surface area contributed by atoms with Gasteiger partial charge in [0.05, 0.1) is 0 Å². The predicted octanol–water partition coefficient (Wildman–Crippen LogP) is 1.85. The van der Waals surface area contributed by atoms with Gasteiger partial charge in [-0.25, -0.2) is 0 Å². The molecule has 1 aromatic rings. The van der Waals surface area contributed by atoms with E-state index in [1.807, 2.05) is 25.1 Å². The van der Waals surface area contributed by atoms with E-state index in [0.717, 1.165) is 16.8 Å². The summed E-state index contributed by atoms with van der Waals surface area (Å²) in [4.78, 5) is 15.8. The molecule has 0 fully saturated rings. The van der Waals surface area contributed by atoms with Gasteiger partial charge in [-0.3, -0.25) is 9.79 Å². The highest BCUT2D eigenvalue weighted by molar-refractivity contribution is 6.47. The van der Waals surface area contributed by atoms with Gasteiger partial charge in [0.25, 0.3) is 5.91 Å². The third-order valence-electron chi connectivity index (χ3n) is 2.47. The molecule has 19 heavy (non-hydrogen) atoms. The zero-order chi connectivity index (χ0) is 14.3. The van der Waals surface area contributed by atoms with Crippen LogP contribution in [0.4, 0.5) is 5.69 Å². The average molecular weight is 255 g/mol. The van der Waals surface area contributed by atoms with Crippen LogP contribution >= 0.6 is 0 Å². The number of nitrogens with one attached hydrogen (secondary N) is 1. The van der Waals surface area contributed by atoms with Crippen LogP contribution in [0.5, 0.6) is 0 Å². The SMILES string of the molecule is CC#Cc1ccc(NC(=O)C(C=CN)=NC)c(C)c1. The average Bonchev–Trinajstić information content (AvgIpc) is 2.39. The lowest BCUT2D eigenvalue weighted by Crippen LogP contribution is -2.22. The first kappa shape index (κ1) is 14.5. The monoisotopic (exact) mass is 255 g/mol. The predicted molar refractivity (Wildman–Crippen MR) is 79.0 cm³/mol. The first-order valence-electron chi connectivity index (χ1n) is 5.82. The number of rotatable bonds is 3. The molecule has 98 valence electrons. The number of amides is 1. The second kappa shape index (κ2) is 7.02. The van der Waals surface area contributed by atoms with Crippen LogP contribution in [-0.2, 0) is 4.79 Å². The van der Waals surface area contributed by atoms with E-state index in [9.17, 15) is 4.79 Å². The topological polar surface area (TPSA) is 67.5 Å². The number of carbonyl (C=O) groups is 1. The molecular formula is C15H17N3O. The largest absolute Gasteiger partial charge is 0.405 e. The van der Waals surface area contributed by atoms with Crippen LogP contribution in [0.3, 0.4) is 0 Å². The Hall–Kier alpha value is -2.54. The van der Waals surface area contributed by atoms with Crippen molar-refractivity contribution in [3.05, 3.63) is 41.6 Å². The van der Waals surface area contributed by atoms with Crippen molar-refractivity contribution in [3.8, 4) is 11.8 Å². The zero-order valence-electron chi connectivity index (χ0n) is 11.3. The number of hydrogen-bond donors (Lipinski definition) is 2. The summed E-state index contributed by atoms with van der Waals surface area (Å²) < 4.78 is 0. The Balaban J connectivity index is 2.93. The first-order chi connectivity index (χ1) is 9.12. The van der Waals surface area contributed by atoms with Crippen molar-refractivity contribution in [1.29, 1.82) is 0 Å². The molecule has 0 unspecified atom stereocenters. The minimum atomic E-state index is -0.290. The molecule has 0 atom stereocenters. The van der Waals surface area contributed by atoms with E-state index in [4.69, 9.17) is 5.73 Å². The van der Waals surface area contributed by atoms with Crippen LogP contribution in [0.2, 0.25) is 0 Å². The highest BCUT2D eigenvalue weighted by Gasteiger charge is 2.09. The first-order valence-corrected chi connectivity index (χ1v) is 5.82. The maximum Gasteiger partial charge on any atom is 0.273 e. The van der Waals surface area contributed by atoms with Crippen LogP contribution in [0.25, 0.3) is 0 Å². The smallest absolute Gasteiger partial charge is 0.273 e. The second-order valence-corrected chi connectivity index (χ2v) is 3.83. The minimum Gasteiger partial charge on any atom is -0.405 e. The number of benzene rings is 1. The molecule has 0 spiro atoms. The number of anilines is 1. The van der Waals surface area contributed by atoms with Gasteiger partial charge in [-0.05, 0) is 49.9 Å². The number of nitrogens with two attached hydrogens (primary N) is 1. The van der Waals surface area contributed by atoms with Gasteiger partial charge in [-0.1, -0.05) is 5.92 Å². The molecule has 1 rings (SSSR count). The summed E-state index contributed by atoms with van der Waals surface area (Å²) in [6, 6.07) is 5.61. The molecule has 1 aromatic carbocycles. The molecule has 0 saturated carbocycles. The lowest BCUT2D eigenvalue weighted by Gasteiger charge is -2.08. The summed E-state index contributed by atoms with van der Waals surface area (Å²) in [5, 5.41) is 2.79. The van der Waals surface area contributed by atoms with Gasteiger partial charge in [0, 0.05) is 18.3 Å². The van der Waals surface area contributed by atoms with Gasteiger partial charge in [-0.15, -0.1) is 5.92 Å². The van der Waals surface area contributed by atoms with Crippen molar-refractivity contribution in [2.45, 2.75) is 13.8 Å². The summed E-state index contributed by atoms with van der Waals surface area (Å²) in [7, 11) is 1.54. The summed E-state index contributed by atoms with van der Waals surface area (Å²) in [5.41, 5.74) is 8.14. The molecule has 0 bridgehead atoms. The summed E-state index contributed by atoms with van der Waals surface area (Å²) in [6.07, 6.45) is 2.75. The number of hydrogen-bond acceptors (Lipinski definition) is 3. The number of aliphatic imine (C=N–C) groups is 1. The third-order valence-corrected chi connectivity index (χ3v) is 2.47. The molecule has 0 aliphatic heterocycles. The molecular weight excluding hydrogens is 238 g/mol. The quantitative estimate of drug-likeness (QED) is 0.639. The molecule has 0 radical (unpaired) electrons. The number of carbonyl (C=O) groups excluding carboxylic acids is 1. The standard InChI is InChI=1S/C15H17N3O/c1-4-5-12-6-7-13(11(2)10-12)18-15(19)14(17-3)8-9-16/h6-10H,16H2,1-3H3,(H,18,19). The van der Waals surface area contributed by atoms with E-state index >= 15 is 0 Å². The van der Waals surface area contributed by atoms with Crippen LogP contribution in [0.15, 0.2) is 35.5 Å². The summed E-state index contributed by atoms with van der Waals surface area (Å²) in [5.74, 6) is 5.51. The fourth-order valence-corrected chi connectivity index (χ4v) is 1.56. The van der Waals surface area contributed by atoms with Crippen LogP contribution < -0.4 is 11.1 Å². The number of nitrogens with zero attached hydrogens (tertiary/aromatic N) is 1. The Bertz CT molecular complexity index is 589. The Morgan fingerprint density at radius 1 is 1.47 bits per heavy atom. The van der Waals surface area contributed by atoms with Crippen LogP contribution in [0, 0.1) is 18.8 Å². The number of aryl methyl sites for hydroxylation is 1. The highest BCUT2D eigenvalue weighted by Crippen LogP contribution is 2.16. The molecule has 3 N–H and O–H groups in total. The van der Waals surface area contributed by atoms with Crippen molar-refractivity contribution in [2.75, 3.05) is 12.4 Å². The fourth-order valence-electron chi connectivity index (χ4n) is 1.56. The normalized spacial score (nSPS) is 11.0. The molecule has 4 heteroatoms. The zero-order valence-corrected chi connectivity index (χ0v) is 11.3. The Morgan fingerprint density at radius 3 is 2.74 bits per heavy atom. The second-order valence-electron chi connectivity index (χ2n) is 3.83. The van der Waals surface area contributed by atoms with Crippen molar-refractivity contribution in [1.82, 2.24) is 0 Å². The van der Waals surface area contributed by atoms with Gasteiger partial charge < -0.3 is 11.1 Å².